The lowest BCUT2D eigenvalue weighted by Crippen LogP contribution is -2.13. The molecule has 5 heteroatoms. The monoisotopic (exact) mass is 340 g/mol. The van der Waals surface area contributed by atoms with Crippen molar-refractivity contribution in [1.82, 2.24) is 0 Å². The molecule has 0 aliphatic rings. The highest BCUT2D eigenvalue weighted by molar-refractivity contribution is 9.10. The molecule has 0 aliphatic carbocycles. The van der Waals surface area contributed by atoms with Crippen molar-refractivity contribution in [3.05, 3.63) is 50.1 Å². The van der Waals surface area contributed by atoms with Crippen LogP contribution in [0.25, 0.3) is 0 Å². The molecule has 0 saturated carbocycles. The van der Waals surface area contributed by atoms with Crippen molar-refractivity contribution in [2.75, 3.05) is 5.32 Å². The first-order valence-electron chi connectivity index (χ1n) is 5.45. The molecule has 0 atom stereocenters. The summed E-state index contributed by atoms with van der Waals surface area (Å²) in [6.45, 7) is 2.89. The number of anilines is 1. The van der Waals surface area contributed by atoms with Gasteiger partial charge in [0.15, 0.2) is 0 Å². The van der Waals surface area contributed by atoms with E-state index in [1.54, 1.807) is 11.3 Å². The Morgan fingerprint density at radius 2 is 2.17 bits per heavy atom. The topological polar surface area (TPSA) is 38.0 Å². The molecule has 1 aromatic heterocycles. The van der Waals surface area contributed by atoms with E-state index < -0.39 is 0 Å². The SMILES string of the molecule is Cc1ccc(CNc2cccc(Br)c2C(N)=S)s1. The van der Waals surface area contributed by atoms with Gasteiger partial charge in [-0.2, -0.15) is 0 Å². The summed E-state index contributed by atoms with van der Waals surface area (Å²) in [5, 5.41) is 3.38. The summed E-state index contributed by atoms with van der Waals surface area (Å²) in [6.07, 6.45) is 0. The van der Waals surface area contributed by atoms with E-state index in [1.807, 2.05) is 18.2 Å². The third-order valence-electron chi connectivity index (χ3n) is 2.51. The number of thiocarbonyl (C=S) groups is 1. The number of hydrogen-bond donors (Lipinski definition) is 2. The quantitative estimate of drug-likeness (QED) is 0.824. The van der Waals surface area contributed by atoms with Crippen LogP contribution in [0.5, 0.6) is 0 Å². The van der Waals surface area contributed by atoms with Crippen molar-refractivity contribution in [2.24, 2.45) is 5.73 Å². The number of hydrogen-bond acceptors (Lipinski definition) is 3. The van der Waals surface area contributed by atoms with Crippen LogP contribution in [-0.2, 0) is 6.54 Å². The van der Waals surface area contributed by atoms with Gasteiger partial charge < -0.3 is 11.1 Å². The summed E-state index contributed by atoms with van der Waals surface area (Å²) < 4.78 is 0.919. The molecule has 0 saturated heterocycles. The van der Waals surface area contributed by atoms with Crippen LogP contribution in [0.15, 0.2) is 34.8 Å². The maximum Gasteiger partial charge on any atom is 0.107 e. The van der Waals surface area contributed by atoms with E-state index in [2.05, 4.69) is 40.3 Å². The van der Waals surface area contributed by atoms with Crippen LogP contribution in [0.2, 0.25) is 0 Å². The number of thiophene rings is 1. The summed E-state index contributed by atoms with van der Waals surface area (Å²) in [7, 11) is 0. The van der Waals surface area contributed by atoms with Crippen molar-refractivity contribution >= 4 is 50.2 Å². The van der Waals surface area contributed by atoms with Crippen LogP contribution >= 0.6 is 39.5 Å². The van der Waals surface area contributed by atoms with Gasteiger partial charge in [-0.05, 0) is 47.1 Å². The Kier molecular flexibility index (Phi) is 4.37. The number of rotatable bonds is 4. The fourth-order valence-electron chi connectivity index (χ4n) is 1.68. The van der Waals surface area contributed by atoms with E-state index in [0.717, 1.165) is 22.3 Å². The van der Waals surface area contributed by atoms with E-state index in [4.69, 9.17) is 18.0 Å². The molecule has 0 spiro atoms. The minimum Gasteiger partial charge on any atom is -0.389 e. The van der Waals surface area contributed by atoms with Gasteiger partial charge in [0, 0.05) is 32.0 Å². The summed E-state index contributed by atoms with van der Waals surface area (Å²) >= 11 is 10.3. The number of benzene rings is 1. The molecule has 1 heterocycles. The van der Waals surface area contributed by atoms with E-state index in [1.165, 1.54) is 9.75 Å². The molecule has 0 amide bonds. The Labute approximate surface area is 124 Å². The summed E-state index contributed by atoms with van der Waals surface area (Å²) in [5.74, 6) is 0. The number of aryl methyl sites for hydroxylation is 1. The van der Waals surface area contributed by atoms with Crippen LogP contribution in [0.3, 0.4) is 0 Å². The van der Waals surface area contributed by atoms with Crippen LogP contribution in [0.4, 0.5) is 5.69 Å². The largest absolute Gasteiger partial charge is 0.389 e. The Morgan fingerprint density at radius 1 is 1.39 bits per heavy atom. The Hall–Kier alpha value is -0.910. The van der Waals surface area contributed by atoms with Gasteiger partial charge in [-0.3, -0.25) is 0 Å². The van der Waals surface area contributed by atoms with Gasteiger partial charge >= 0.3 is 0 Å². The lowest BCUT2D eigenvalue weighted by Gasteiger charge is -2.12. The normalized spacial score (nSPS) is 10.3. The first kappa shape index (κ1) is 13.5. The molecule has 0 radical (unpaired) electrons. The molecular formula is C13H13BrN2S2. The maximum atomic E-state index is 5.75. The molecule has 2 rings (SSSR count). The summed E-state index contributed by atoms with van der Waals surface area (Å²) in [5.41, 5.74) is 7.58. The van der Waals surface area contributed by atoms with Crippen molar-refractivity contribution in [2.45, 2.75) is 13.5 Å². The minimum absolute atomic E-state index is 0.396. The standard InChI is InChI=1S/C13H13BrN2S2/c1-8-5-6-9(18-8)7-16-11-4-2-3-10(14)12(11)13(15)17/h2-6,16H,7H2,1H3,(H2,15,17). The molecular weight excluding hydrogens is 328 g/mol. The van der Waals surface area contributed by atoms with Crippen LogP contribution in [-0.4, -0.2) is 4.99 Å². The second-order valence-corrected chi connectivity index (χ2v) is 6.56. The van der Waals surface area contributed by atoms with Gasteiger partial charge in [0.1, 0.15) is 4.99 Å². The molecule has 0 fully saturated rings. The second-order valence-electron chi connectivity index (χ2n) is 3.89. The van der Waals surface area contributed by atoms with E-state index in [9.17, 15) is 0 Å². The number of halogens is 1. The first-order valence-corrected chi connectivity index (χ1v) is 7.47. The molecule has 0 unspecified atom stereocenters. The first-order chi connectivity index (χ1) is 8.58. The number of nitrogens with one attached hydrogen (secondary N) is 1. The molecule has 0 bridgehead atoms. The van der Waals surface area contributed by atoms with Crippen molar-refractivity contribution in [3.63, 3.8) is 0 Å². The highest BCUT2D eigenvalue weighted by Crippen LogP contribution is 2.26. The Morgan fingerprint density at radius 3 is 2.78 bits per heavy atom. The lowest BCUT2D eigenvalue weighted by molar-refractivity contribution is 1.19. The fourth-order valence-corrected chi connectivity index (χ4v) is 3.45. The van der Waals surface area contributed by atoms with Gasteiger partial charge in [0.25, 0.3) is 0 Å². The Balaban J connectivity index is 2.19. The van der Waals surface area contributed by atoms with E-state index >= 15 is 0 Å². The summed E-state index contributed by atoms with van der Waals surface area (Å²) in [6, 6.07) is 10.1. The van der Waals surface area contributed by atoms with Gasteiger partial charge in [0.2, 0.25) is 0 Å². The molecule has 18 heavy (non-hydrogen) atoms. The van der Waals surface area contributed by atoms with Crippen LogP contribution in [0, 0.1) is 6.92 Å². The fraction of sp³-hybridized carbons (Fsp3) is 0.154. The predicted molar refractivity (Wildman–Crippen MR) is 86.4 cm³/mol. The van der Waals surface area contributed by atoms with Crippen LogP contribution in [0.1, 0.15) is 15.3 Å². The van der Waals surface area contributed by atoms with Crippen molar-refractivity contribution < 1.29 is 0 Å². The van der Waals surface area contributed by atoms with E-state index in [-0.39, 0.29) is 0 Å². The van der Waals surface area contributed by atoms with Gasteiger partial charge in [-0.15, -0.1) is 11.3 Å². The predicted octanol–water partition coefficient (Wildman–Crippen LogP) is 4.07. The van der Waals surface area contributed by atoms with Crippen molar-refractivity contribution in [3.8, 4) is 0 Å². The Bertz CT molecular complexity index is 578. The molecule has 0 aliphatic heterocycles. The molecule has 94 valence electrons. The van der Waals surface area contributed by atoms with Gasteiger partial charge in [-0.25, -0.2) is 0 Å². The molecule has 3 N–H and O–H groups in total. The smallest absolute Gasteiger partial charge is 0.107 e. The van der Waals surface area contributed by atoms with E-state index in [0.29, 0.717) is 4.99 Å². The highest BCUT2D eigenvalue weighted by atomic mass is 79.9. The zero-order valence-corrected chi connectivity index (χ0v) is 13.1. The zero-order valence-electron chi connectivity index (χ0n) is 9.87. The zero-order chi connectivity index (χ0) is 13.1. The third-order valence-corrected chi connectivity index (χ3v) is 4.37. The number of nitrogens with two attached hydrogens (primary N) is 1. The van der Waals surface area contributed by atoms with Gasteiger partial charge in [-0.1, -0.05) is 18.3 Å². The third kappa shape index (κ3) is 3.10. The van der Waals surface area contributed by atoms with Gasteiger partial charge in [0.05, 0.1) is 0 Å². The average Bonchev–Trinajstić information content (AvgIpc) is 2.72. The maximum absolute atomic E-state index is 5.75. The second kappa shape index (κ2) is 5.82. The van der Waals surface area contributed by atoms with Crippen molar-refractivity contribution in [1.29, 1.82) is 0 Å². The minimum atomic E-state index is 0.396. The molecule has 1 aromatic carbocycles. The average molecular weight is 341 g/mol. The lowest BCUT2D eigenvalue weighted by atomic mass is 10.2. The van der Waals surface area contributed by atoms with Crippen LogP contribution < -0.4 is 11.1 Å². The molecule has 2 aromatic rings. The molecule has 2 nitrogen and oxygen atoms in total. The summed E-state index contributed by atoms with van der Waals surface area (Å²) in [4.78, 5) is 3.00. The highest BCUT2D eigenvalue weighted by Gasteiger charge is 2.09.